The minimum Gasteiger partial charge on any atom is -0.368 e. The number of aromatic nitrogens is 3. The Hall–Kier alpha value is -1.81. The first kappa shape index (κ1) is 19.0. The van der Waals surface area contributed by atoms with Gasteiger partial charge >= 0.3 is 6.18 Å². The maximum atomic E-state index is 12.9. The van der Waals surface area contributed by atoms with Crippen LogP contribution in [0.5, 0.6) is 0 Å². The van der Waals surface area contributed by atoms with Crippen LogP contribution in [0.2, 0.25) is 0 Å². The van der Waals surface area contributed by atoms with Crippen LogP contribution in [0.4, 0.5) is 19.1 Å². The number of nitrogens with two attached hydrogens (primary N) is 1. The van der Waals surface area contributed by atoms with E-state index in [1.165, 1.54) is 6.07 Å². The first-order valence-corrected chi connectivity index (χ1v) is 10.1. The maximum Gasteiger partial charge on any atom is 0.453 e. The summed E-state index contributed by atoms with van der Waals surface area (Å²) in [4.78, 5) is 3.08. The molecule has 142 valence electrons. The van der Waals surface area contributed by atoms with Crippen molar-refractivity contribution in [3.8, 4) is 5.69 Å². The van der Waals surface area contributed by atoms with Crippen molar-refractivity contribution >= 4 is 25.7 Å². The highest BCUT2D eigenvalue weighted by Crippen LogP contribution is 2.45. The summed E-state index contributed by atoms with van der Waals surface area (Å²) in [6, 6.07) is 2.90. The summed E-state index contributed by atoms with van der Waals surface area (Å²) in [6.07, 6.45) is -3.07. The molecule has 1 saturated carbocycles. The molecule has 1 aromatic carbocycles. The fourth-order valence-corrected chi connectivity index (χ4v) is 4.02. The highest BCUT2D eigenvalue weighted by atomic mass is 35.7. The lowest BCUT2D eigenvalue weighted by molar-refractivity contribution is -0.144. The van der Waals surface area contributed by atoms with Gasteiger partial charge < -0.3 is 5.73 Å². The second-order valence-corrected chi connectivity index (χ2v) is 9.05. The Morgan fingerprint density at radius 2 is 1.92 bits per heavy atom. The summed E-state index contributed by atoms with van der Waals surface area (Å²) >= 11 is 0. The quantitative estimate of drug-likeness (QED) is 0.777. The summed E-state index contributed by atoms with van der Waals surface area (Å²) in [5.41, 5.74) is 6.96. The van der Waals surface area contributed by atoms with Gasteiger partial charge in [-0.2, -0.15) is 22.8 Å². The second kappa shape index (κ2) is 6.12. The number of halogens is 4. The third-order valence-electron chi connectivity index (χ3n) is 4.17. The first-order valence-electron chi connectivity index (χ1n) is 7.82. The monoisotopic (exact) mass is 408 g/mol. The van der Waals surface area contributed by atoms with Crippen LogP contribution < -0.4 is 5.73 Å². The highest BCUT2D eigenvalue weighted by Gasteiger charge is 2.38. The van der Waals surface area contributed by atoms with Gasteiger partial charge in [-0.05, 0) is 41.9 Å². The van der Waals surface area contributed by atoms with Crippen LogP contribution in [0.25, 0.3) is 5.69 Å². The third-order valence-corrected chi connectivity index (χ3v) is 5.55. The Morgan fingerprint density at radius 3 is 2.35 bits per heavy atom. The van der Waals surface area contributed by atoms with Crippen molar-refractivity contribution in [2.45, 2.75) is 49.6 Å². The zero-order valence-electron chi connectivity index (χ0n) is 13.9. The van der Waals surface area contributed by atoms with E-state index in [2.05, 4.69) is 10.1 Å². The van der Waals surface area contributed by atoms with Crippen LogP contribution in [0.3, 0.4) is 0 Å². The van der Waals surface area contributed by atoms with Gasteiger partial charge in [0.2, 0.25) is 5.95 Å². The molecular weight excluding hydrogens is 393 g/mol. The van der Waals surface area contributed by atoms with Gasteiger partial charge in [-0.25, -0.2) is 8.42 Å². The van der Waals surface area contributed by atoms with Crippen molar-refractivity contribution in [3.63, 3.8) is 0 Å². The van der Waals surface area contributed by atoms with E-state index in [1.54, 1.807) is 6.07 Å². The van der Waals surface area contributed by atoms with Crippen LogP contribution in [0, 0.1) is 0 Å². The average Bonchev–Trinajstić information content (AvgIpc) is 3.26. The Kier molecular flexibility index (Phi) is 4.47. The Balaban J connectivity index is 2.29. The van der Waals surface area contributed by atoms with Gasteiger partial charge in [0.05, 0.1) is 10.6 Å². The van der Waals surface area contributed by atoms with Crippen molar-refractivity contribution in [2.24, 2.45) is 0 Å². The van der Waals surface area contributed by atoms with Gasteiger partial charge in [0.25, 0.3) is 14.9 Å². The molecule has 26 heavy (non-hydrogen) atoms. The van der Waals surface area contributed by atoms with Crippen LogP contribution in [0.1, 0.15) is 55.5 Å². The summed E-state index contributed by atoms with van der Waals surface area (Å²) in [5, 5.41) is 3.44. The van der Waals surface area contributed by atoms with E-state index < -0.39 is 27.0 Å². The Labute approximate surface area is 152 Å². The minimum atomic E-state index is -4.77. The lowest BCUT2D eigenvalue weighted by Crippen LogP contribution is -2.11. The molecule has 1 aliphatic carbocycles. The number of hydrogen-bond acceptors (Lipinski definition) is 5. The molecule has 0 radical (unpaired) electrons. The molecule has 0 atom stereocenters. The van der Waals surface area contributed by atoms with Gasteiger partial charge in [-0.3, -0.25) is 0 Å². The molecule has 2 N–H and O–H groups in total. The summed E-state index contributed by atoms with van der Waals surface area (Å²) in [6.45, 7) is 3.62. The SMILES string of the molecule is CC(C)c1cc(C2CC2)c(-n2nc(C(F)(F)F)nc2N)cc1S(=O)(=O)Cl. The lowest BCUT2D eigenvalue weighted by Gasteiger charge is -2.17. The molecule has 0 saturated heterocycles. The van der Waals surface area contributed by atoms with Crippen molar-refractivity contribution < 1.29 is 21.6 Å². The number of alkyl halides is 3. The molecule has 2 aromatic rings. The topological polar surface area (TPSA) is 90.9 Å². The zero-order valence-corrected chi connectivity index (χ0v) is 15.5. The molecule has 0 spiro atoms. The van der Waals surface area contributed by atoms with Crippen molar-refractivity contribution in [2.75, 3.05) is 5.73 Å². The van der Waals surface area contributed by atoms with Gasteiger partial charge in [0, 0.05) is 10.7 Å². The smallest absolute Gasteiger partial charge is 0.368 e. The number of nitrogen functional groups attached to an aromatic ring is 1. The largest absolute Gasteiger partial charge is 0.453 e. The van der Waals surface area contributed by atoms with Crippen molar-refractivity contribution in [3.05, 3.63) is 29.1 Å². The van der Waals surface area contributed by atoms with E-state index >= 15 is 0 Å². The molecule has 0 bridgehead atoms. The maximum absolute atomic E-state index is 12.9. The second-order valence-electron chi connectivity index (χ2n) is 6.52. The van der Waals surface area contributed by atoms with Crippen LogP contribution >= 0.6 is 10.7 Å². The molecular formula is C15H16ClF3N4O2S. The van der Waals surface area contributed by atoms with Crippen LogP contribution in [-0.2, 0) is 15.2 Å². The predicted molar refractivity (Wildman–Crippen MR) is 89.9 cm³/mol. The third kappa shape index (κ3) is 3.52. The van der Waals surface area contributed by atoms with Crippen molar-refractivity contribution in [1.29, 1.82) is 0 Å². The van der Waals surface area contributed by atoms with E-state index in [0.717, 1.165) is 17.5 Å². The van der Waals surface area contributed by atoms with E-state index in [9.17, 15) is 21.6 Å². The van der Waals surface area contributed by atoms with Gasteiger partial charge in [-0.1, -0.05) is 19.9 Å². The average molecular weight is 409 g/mol. The molecule has 3 rings (SSSR count). The number of hydrogen-bond donors (Lipinski definition) is 1. The fourth-order valence-electron chi connectivity index (χ4n) is 2.79. The predicted octanol–water partition coefficient (Wildman–Crippen LogP) is 3.80. The van der Waals surface area contributed by atoms with Gasteiger partial charge in [-0.15, -0.1) is 5.10 Å². The first-order chi connectivity index (χ1) is 11.9. The molecule has 1 aliphatic rings. The van der Waals surface area contributed by atoms with Gasteiger partial charge in [0.1, 0.15) is 0 Å². The molecule has 0 aliphatic heterocycles. The molecule has 1 heterocycles. The van der Waals surface area contributed by atoms with E-state index in [4.69, 9.17) is 16.4 Å². The summed E-state index contributed by atoms with van der Waals surface area (Å²) < 4.78 is 63.5. The van der Waals surface area contributed by atoms with Crippen LogP contribution in [-0.4, -0.2) is 23.2 Å². The molecule has 11 heteroatoms. The Bertz CT molecular complexity index is 966. The molecule has 1 aromatic heterocycles. The highest BCUT2D eigenvalue weighted by molar-refractivity contribution is 8.13. The molecule has 0 amide bonds. The van der Waals surface area contributed by atoms with E-state index in [-0.39, 0.29) is 22.4 Å². The lowest BCUT2D eigenvalue weighted by atomic mass is 9.97. The zero-order chi connectivity index (χ0) is 19.4. The molecule has 6 nitrogen and oxygen atoms in total. The van der Waals surface area contributed by atoms with E-state index in [0.29, 0.717) is 11.1 Å². The molecule has 1 fully saturated rings. The molecule has 0 unspecified atom stereocenters. The summed E-state index contributed by atoms with van der Waals surface area (Å²) in [7, 11) is 1.43. The minimum absolute atomic E-state index is 0.104. The Morgan fingerprint density at radius 1 is 1.31 bits per heavy atom. The van der Waals surface area contributed by atoms with Gasteiger partial charge in [0.15, 0.2) is 0 Å². The number of nitrogens with zero attached hydrogens (tertiary/aromatic N) is 3. The summed E-state index contributed by atoms with van der Waals surface area (Å²) in [5.74, 6) is -1.91. The number of rotatable bonds is 4. The number of benzene rings is 1. The fraction of sp³-hybridized carbons (Fsp3) is 0.467. The normalized spacial score (nSPS) is 15.7. The van der Waals surface area contributed by atoms with Crippen molar-refractivity contribution in [1.82, 2.24) is 14.8 Å². The van der Waals surface area contributed by atoms with E-state index in [1.807, 2.05) is 13.8 Å². The standard InChI is InChI=1S/C15H16ClF3N4O2S/c1-7(2)9-5-10(8-3-4-8)11(6-12(9)26(16,24)25)23-14(20)21-13(22-23)15(17,18)19/h5-8H,3-4H2,1-2H3,(H2,20,21,22). The van der Waals surface area contributed by atoms with Crippen LogP contribution in [0.15, 0.2) is 17.0 Å². The number of anilines is 1.